The Hall–Kier alpha value is -1.47. The van der Waals surface area contributed by atoms with Gasteiger partial charge in [-0.2, -0.15) is 0 Å². The molecule has 0 saturated carbocycles. The van der Waals surface area contributed by atoms with Gasteiger partial charge in [0.25, 0.3) is 0 Å². The first-order chi connectivity index (χ1) is 13.6. The smallest absolute Gasteiger partial charge is 0.227 e. The Morgan fingerprint density at radius 2 is 1.82 bits per heavy atom. The molecule has 4 fully saturated rings. The number of hydrogen-bond donors (Lipinski definition) is 1. The SMILES string of the molecule is O=C(Cc1ccccc1)N1CC2CC(O)CN2C2(C1)CN(C1CCOCC1)C2. The number of hydrogen-bond acceptors (Lipinski definition) is 5. The number of benzene rings is 1. The van der Waals surface area contributed by atoms with Crippen molar-refractivity contribution in [3.05, 3.63) is 35.9 Å². The van der Waals surface area contributed by atoms with Crippen LogP contribution >= 0.6 is 0 Å². The summed E-state index contributed by atoms with van der Waals surface area (Å²) in [6, 6.07) is 10.9. The summed E-state index contributed by atoms with van der Waals surface area (Å²) in [7, 11) is 0. The molecule has 0 bridgehead atoms. The molecule has 1 N–H and O–H groups in total. The van der Waals surface area contributed by atoms with Gasteiger partial charge < -0.3 is 14.7 Å². The van der Waals surface area contributed by atoms with E-state index in [-0.39, 0.29) is 17.6 Å². The first-order valence-corrected chi connectivity index (χ1v) is 10.7. The molecule has 2 unspecified atom stereocenters. The highest BCUT2D eigenvalue weighted by Gasteiger charge is 2.57. The maximum Gasteiger partial charge on any atom is 0.227 e. The van der Waals surface area contributed by atoms with E-state index < -0.39 is 0 Å². The molecule has 2 atom stereocenters. The predicted octanol–water partition coefficient (Wildman–Crippen LogP) is 0.740. The van der Waals surface area contributed by atoms with Gasteiger partial charge in [0.15, 0.2) is 0 Å². The molecule has 28 heavy (non-hydrogen) atoms. The lowest BCUT2D eigenvalue weighted by Gasteiger charge is -2.62. The highest BCUT2D eigenvalue weighted by molar-refractivity contribution is 5.79. The molecule has 1 amide bonds. The molecule has 0 aliphatic carbocycles. The summed E-state index contributed by atoms with van der Waals surface area (Å²) < 4.78 is 5.52. The summed E-state index contributed by atoms with van der Waals surface area (Å²) in [5.74, 6) is 0.219. The van der Waals surface area contributed by atoms with Crippen LogP contribution in [-0.4, -0.2) is 95.4 Å². The van der Waals surface area contributed by atoms with Crippen LogP contribution in [0.25, 0.3) is 0 Å². The van der Waals surface area contributed by atoms with Gasteiger partial charge in [0.05, 0.1) is 18.1 Å². The van der Waals surface area contributed by atoms with E-state index in [9.17, 15) is 9.90 Å². The van der Waals surface area contributed by atoms with Crippen molar-refractivity contribution in [3.8, 4) is 0 Å². The third-order valence-corrected chi connectivity index (χ3v) is 7.17. The largest absolute Gasteiger partial charge is 0.392 e. The van der Waals surface area contributed by atoms with Crippen LogP contribution in [0.5, 0.6) is 0 Å². The average Bonchev–Trinajstić information content (AvgIpc) is 3.07. The Morgan fingerprint density at radius 3 is 2.57 bits per heavy atom. The van der Waals surface area contributed by atoms with Crippen LogP contribution < -0.4 is 0 Å². The zero-order valence-corrected chi connectivity index (χ0v) is 16.5. The van der Waals surface area contributed by atoms with E-state index in [2.05, 4.69) is 14.7 Å². The summed E-state index contributed by atoms with van der Waals surface area (Å²) in [5.41, 5.74) is 1.10. The lowest BCUT2D eigenvalue weighted by molar-refractivity contribution is -0.156. The van der Waals surface area contributed by atoms with E-state index in [4.69, 9.17) is 4.74 Å². The van der Waals surface area contributed by atoms with Crippen molar-refractivity contribution in [2.75, 3.05) is 45.9 Å². The Bertz CT molecular complexity index is 700. The van der Waals surface area contributed by atoms with Crippen molar-refractivity contribution in [2.45, 2.75) is 49.4 Å². The number of aliphatic hydroxyl groups is 1. The fourth-order valence-electron chi connectivity index (χ4n) is 5.78. The number of ether oxygens (including phenoxy) is 1. The van der Waals surface area contributed by atoms with Crippen LogP contribution in [0.3, 0.4) is 0 Å². The minimum Gasteiger partial charge on any atom is -0.392 e. The average molecular weight is 386 g/mol. The van der Waals surface area contributed by atoms with Gasteiger partial charge in [-0.05, 0) is 24.8 Å². The Kier molecular flexibility index (Phi) is 4.91. The van der Waals surface area contributed by atoms with E-state index >= 15 is 0 Å². The van der Waals surface area contributed by atoms with Gasteiger partial charge in [-0.3, -0.25) is 14.6 Å². The summed E-state index contributed by atoms with van der Waals surface area (Å²) in [4.78, 5) is 20.2. The van der Waals surface area contributed by atoms with E-state index in [0.29, 0.717) is 18.5 Å². The number of carbonyl (C=O) groups is 1. The lowest BCUT2D eigenvalue weighted by atomic mass is 9.81. The van der Waals surface area contributed by atoms with Gasteiger partial charge in [-0.25, -0.2) is 0 Å². The van der Waals surface area contributed by atoms with Crippen LogP contribution in [0, 0.1) is 0 Å². The highest BCUT2D eigenvalue weighted by atomic mass is 16.5. The van der Waals surface area contributed by atoms with E-state index in [1.807, 2.05) is 30.3 Å². The first kappa shape index (κ1) is 18.6. The second-order valence-electron chi connectivity index (χ2n) is 9.11. The summed E-state index contributed by atoms with van der Waals surface area (Å²) in [6.45, 7) is 6.05. The van der Waals surface area contributed by atoms with Gasteiger partial charge in [0.2, 0.25) is 5.91 Å². The number of fused-ring (bicyclic) bond motifs is 2. The van der Waals surface area contributed by atoms with Gasteiger partial charge in [-0.15, -0.1) is 0 Å². The lowest BCUT2D eigenvalue weighted by Crippen LogP contribution is -2.79. The zero-order chi connectivity index (χ0) is 19.1. The second-order valence-corrected chi connectivity index (χ2v) is 9.11. The van der Waals surface area contributed by atoms with Crippen molar-refractivity contribution in [3.63, 3.8) is 0 Å². The molecule has 6 heteroatoms. The summed E-state index contributed by atoms with van der Waals surface area (Å²) in [6.07, 6.45) is 3.21. The number of piperazine rings is 1. The normalized spacial score (nSPS) is 31.0. The summed E-state index contributed by atoms with van der Waals surface area (Å²) >= 11 is 0. The molecule has 1 aromatic carbocycles. The maximum absolute atomic E-state index is 13.1. The van der Waals surface area contributed by atoms with Gasteiger partial charge in [-0.1, -0.05) is 30.3 Å². The summed E-state index contributed by atoms with van der Waals surface area (Å²) in [5, 5.41) is 10.3. The van der Waals surface area contributed by atoms with E-state index in [1.54, 1.807) is 0 Å². The quantitative estimate of drug-likeness (QED) is 0.832. The Morgan fingerprint density at radius 1 is 1.07 bits per heavy atom. The highest BCUT2D eigenvalue weighted by Crippen LogP contribution is 2.40. The van der Waals surface area contributed by atoms with Crippen molar-refractivity contribution >= 4 is 5.91 Å². The molecule has 4 aliphatic heterocycles. The van der Waals surface area contributed by atoms with Crippen LogP contribution in [0.2, 0.25) is 0 Å². The number of aliphatic hydroxyl groups excluding tert-OH is 1. The molecular weight excluding hydrogens is 354 g/mol. The zero-order valence-electron chi connectivity index (χ0n) is 16.5. The number of β-amino-alcohol motifs (C(OH)–C–C–N with tert-alkyl or cyclic N) is 1. The number of carbonyl (C=O) groups excluding carboxylic acids is 1. The molecule has 152 valence electrons. The third-order valence-electron chi connectivity index (χ3n) is 7.17. The van der Waals surface area contributed by atoms with Gasteiger partial charge in [0.1, 0.15) is 0 Å². The standard InChI is InChI=1S/C22H31N3O3/c26-20-11-19-12-23(21(27)10-17-4-2-1-3-5-17)14-22(25(19)13-20)15-24(16-22)18-6-8-28-9-7-18/h1-5,18-20,26H,6-16H2. The Balaban J connectivity index is 1.30. The third kappa shape index (κ3) is 3.36. The molecule has 0 radical (unpaired) electrons. The molecular formula is C22H31N3O3. The maximum atomic E-state index is 13.1. The van der Waals surface area contributed by atoms with Crippen LogP contribution in [0.15, 0.2) is 30.3 Å². The molecule has 4 aliphatic rings. The topological polar surface area (TPSA) is 56.3 Å². The molecule has 0 aromatic heterocycles. The monoisotopic (exact) mass is 385 g/mol. The van der Waals surface area contributed by atoms with Crippen molar-refractivity contribution in [2.24, 2.45) is 0 Å². The fraction of sp³-hybridized carbons (Fsp3) is 0.682. The van der Waals surface area contributed by atoms with E-state index in [0.717, 1.165) is 70.8 Å². The van der Waals surface area contributed by atoms with E-state index in [1.165, 1.54) is 0 Å². The molecule has 4 heterocycles. The molecule has 1 aromatic rings. The predicted molar refractivity (Wildman–Crippen MR) is 106 cm³/mol. The minimum atomic E-state index is -0.261. The molecule has 1 spiro atoms. The fourth-order valence-corrected chi connectivity index (χ4v) is 5.78. The van der Waals surface area contributed by atoms with Crippen molar-refractivity contribution in [1.82, 2.24) is 14.7 Å². The number of nitrogens with zero attached hydrogens (tertiary/aromatic N) is 3. The first-order valence-electron chi connectivity index (χ1n) is 10.7. The van der Waals surface area contributed by atoms with Crippen molar-refractivity contribution in [1.29, 1.82) is 0 Å². The minimum absolute atomic E-state index is 0.0189. The van der Waals surface area contributed by atoms with Gasteiger partial charge >= 0.3 is 0 Å². The number of likely N-dealkylation sites (tertiary alicyclic amines) is 1. The molecule has 6 nitrogen and oxygen atoms in total. The second kappa shape index (κ2) is 7.41. The molecule has 4 saturated heterocycles. The number of amides is 1. The van der Waals surface area contributed by atoms with Gasteiger partial charge in [0, 0.05) is 58.0 Å². The van der Waals surface area contributed by atoms with Crippen LogP contribution in [-0.2, 0) is 16.0 Å². The molecule has 5 rings (SSSR count). The number of rotatable bonds is 3. The van der Waals surface area contributed by atoms with Crippen LogP contribution in [0.4, 0.5) is 0 Å². The van der Waals surface area contributed by atoms with Crippen molar-refractivity contribution < 1.29 is 14.6 Å². The Labute approximate surface area is 167 Å². The van der Waals surface area contributed by atoms with Crippen LogP contribution in [0.1, 0.15) is 24.8 Å².